The molecule has 26 heavy (non-hydrogen) atoms. The van der Waals surface area contributed by atoms with E-state index < -0.39 is 0 Å². The molecular formula is C19H23BrN2O4. The van der Waals surface area contributed by atoms with Crippen LogP contribution in [0.5, 0.6) is 0 Å². The number of rotatable bonds is 3. The van der Waals surface area contributed by atoms with Gasteiger partial charge in [-0.2, -0.15) is 0 Å². The van der Waals surface area contributed by atoms with Crippen LogP contribution >= 0.6 is 15.9 Å². The summed E-state index contributed by atoms with van der Waals surface area (Å²) in [6.45, 7) is 1.83. The highest BCUT2D eigenvalue weighted by molar-refractivity contribution is 9.10. The van der Waals surface area contributed by atoms with Crippen LogP contribution in [0.4, 0.5) is 0 Å². The van der Waals surface area contributed by atoms with Gasteiger partial charge < -0.3 is 19.6 Å². The number of ether oxygens (including phenoxy) is 1. The first-order chi connectivity index (χ1) is 12.6. The zero-order chi connectivity index (χ0) is 18.3. The number of amides is 2. The minimum absolute atomic E-state index is 0.0389. The van der Waals surface area contributed by atoms with E-state index in [0.29, 0.717) is 19.8 Å². The third kappa shape index (κ3) is 3.06. The van der Waals surface area contributed by atoms with Crippen LogP contribution in [0.2, 0.25) is 0 Å². The van der Waals surface area contributed by atoms with Gasteiger partial charge in [0.15, 0.2) is 0 Å². The zero-order valence-corrected chi connectivity index (χ0v) is 16.1. The Morgan fingerprint density at radius 2 is 1.92 bits per heavy atom. The molecule has 3 saturated heterocycles. The lowest BCUT2D eigenvalue weighted by molar-refractivity contribution is -0.169. The van der Waals surface area contributed by atoms with E-state index in [4.69, 9.17) is 4.74 Å². The lowest BCUT2D eigenvalue weighted by Gasteiger charge is -2.59. The zero-order valence-electron chi connectivity index (χ0n) is 14.5. The Kier molecular flexibility index (Phi) is 5.03. The Morgan fingerprint density at radius 1 is 1.23 bits per heavy atom. The predicted molar refractivity (Wildman–Crippen MR) is 98.5 cm³/mol. The third-order valence-corrected chi connectivity index (χ3v) is 6.42. The molecule has 0 bridgehead atoms. The number of piperazine rings is 1. The summed E-state index contributed by atoms with van der Waals surface area (Å²) in [7, 11) is 0. The van der Waals surface area contributed by atoms with Crippen molar-refractivity contribution in [2.24, 2.45) is 5.92 Å². The third-order valence-electron chi connectivity index (χ3n) is 5.89. The average molecular weight is 423 g/mol. The SMILES string of the molecule is O=C(C1CCOCC1)N1CC(=O)N2[C@H](CO)[C@@H](c3ccc(Br)cc3)[C@@H]2C1. The first-order valence-corrected chi connectivity index (χ1v) is 9.93. The molecule has 0 spiro atoms. The van der Waals surface area contributed by atoms with E-state index in [-0.39, 0.29) is 48.9 Å². The summed E-state index contributed by atoms with van der Waals surface area (Å²) in [4.78, 5) is 29.0. The van der Waals surface area contributed by atoms with Crippen LogP contribution in [0.15, 0.2) is 28.7 Å². The van der Waals surface area contributed by atoms with Gasteiger partial charge in [0.1, 0.15) is 0 Å². The van der Waals surface area contributed by atoms with Crippen molar-refractivity contribution in [3.05, 3.63) is 34.3 Å². The van der Waals surface area contributed by atoms with Crippen molar-refractivity contribution in [3.63, 3.8) is 0 Å². The van der Waals surface area contributed by atoms with Crippen molar-refractivity contribution < 1.29 is 19.4 Å². The maximum Gasteiger partial charge on any atom is 0.242 e. The maximum absolute atomic E-state index is 12.9. The molecule has 0 radical (unpaired) electrons. The van der Waals surface area contributed by atoms with Crippen molar-refractivity contribution >= 4 is 27.7 Å². The minimum atomic E-state index is -0.200. The molecule has 3 aliphatic rings. The second kappa shape index (κ2) is 7.29. The molecule has 3 atom stereocenters. The van der Waals surface area contributed by atoms with Crippen LogP contribution in [-0.2, 0) is 14.3 Å². The normalized spacial score (nSPS) is 29.3. The lowest BCUT2D eigenvalue weighted by Crippen LogP contribution is -2.73. The topological polar surface area (TPSA) is 70.1 Å². The predicted octanol–water partition coefficient (Wildman–Crippen LogP) is 1.37. The summed E-state index contributed by atoms with van der Waals surface area (Å²) in [6.07, 6.45) is 1.46. The van der Waals surface area contributed by atoms with Crippen LogP contribution in [-0.4, -0.2) is 71.7 Å². The van der Waals surface area contributed by atoms with E-state index in [1.165, 1.54) is 0 Å². The number of hydrogen-bond acceptors (Lipinski definition) is 4. The van der Waals surface area contributed by atoms with Gasteiger partial charge in [0.25, 0.3) is 0 Å². The molecule has 2 amide bonds. The van der Waals surface area contributed by atoms with Gasteiger partial charge in [0, 0.05) is 36.1 Å². The molecule has 140 valence electrons. The van der Waals surface area contributed by atoms with Crippen LogP contribution in [0.1, 0.15) is 24.3 Å². The number of aliphatic hydroxyl groups is 1. The standard InChI is InChI=1S/C19H23BrN2O4/c20-14-3-1-12(2-4-14)18-15-9-21(10-17(24)22(15)16(18)11-23)19(25)13-5-7-26-8-6-13/h1-4,13,15-16,18,23H,5-11H2/t15-,16+,18-/m0/s1. The summed E-state index contributed by atoms with van der Waals surface area (Å²) in [5, 5.41) is 9.81. The van der Waals surface area contributed by atoms with E-state index in [1.54, 1.807) is 9.80 Å². The van der Waals surface area contributed by atoms with E-state index in [1.807, 2.05) is 24.3 Å². The van der Waals surface area contributed by atoms with Crippen molar-refractivity contribution in [3.8, 4) is 0 Å². The number of carbonyl (C=O) groups excluding carboxylic acids is 2. The molecule has 3 heterocycles. The first-order valence-electron chi connectivity index (χ1n) is 9.14. The van der Waals surface area contributed by atoms with Gasteiger partial charge in [-0.1, -0.05) is 28.1 Å². The van der Waals surface area contributed by atoms with Crippen LogP contribution < -0.4 is 0 Å². The van der Waals surface area contributed by atoms with Crippen molar-refractivity contribution in [1.29, 1.82) is 0 Å². The fourth-order valence-corrected chi connectivity index (χ4v) is 4.82. The first kappa shape index (κ1) is 17.9. The Morgan fingerprint density at radius 3 is 2.58 bits per heavy atom. The monoisotopic (exact) mass is 422 g/mol. The number of nitrogens with zero attached hydrogens (tertiary/aromatic N) is 2. The molecule has 3 aliphatic heterocycles. The quantitative estimate of drug-likeness (QED) is 0.798. The molecule has 0 aromatic heterocycles. The number of benzene rings is 1. The van der Waals surface area contributed by atoms with E-state index in [0.717, 1.165) is 22.9 Å². The smallest absolute Gasteiger partial charge is 0.242 e. The molecule has 0 unspecified atom stereocenters. The van der Waals surface area contributed by atoms with Gasteiger partial charge in [-0.3, -0.25) is 9.59 Å². The van der Waals surface area contributed by atoms with Crippen molar-refractivity contribution in [2.45, 2.75) is 30.8 Å². The Hall–Kier alpha value is -1.44. The highest BCUT2D eigenvalue weighted by Gasteiger charge is 2.54. The fraction of sp³-hybridized carbons (Fsp3) is 0.579. The highest BCUT2D eigenvalue weighted by atomic mass is 79.9. The lowest BCUT2D eigenvalue weighted by atomic mass is 9.73. The molecule has 1 aromatic carbocycles. The maximum atomic E-state index is 12.9. The Balaban J connectivity index is 1.53. The van der Waals surface area contributed by atoms with Crippen molar-refractivity contribution in [1.82, 2.24) is 9.80 Å². The molecule has 6 nitrogen and oxygen atoms in total. The fourth-order valence-electron chi connectivity index (χ4n) is 4.56. The summed E-state index contributed by atoms with van der Waals surface area (Å²) < 4.78 is 6.34. The molecule has 4 rings (SSSR count). The Bertz CT molecular complexity index is 689. The average Bonchev–Trinajstić information content (AvgIpc) is 2.65. The summed E-state index contributed by atoms with van der Waals surface area (Å²) in [5.41, 5.74) is 1.10. The molecule has 3 fully saturated rings. The van der Waals surface area contributed by atoms with Crippen molar-refractivity contribution in [2.75, 3.05) is 32.9 Å². The van der Waals surface area contributed by atoms with Crippen LogP contribution in [0, 0.1) is 5.92 Å². The Labute approximate surface area is 161 Å². The number of halogens is 1. The van der Waals surface area contributed by atoms with Gasteiger partial charge in [0.05, 0.1) is 25.2 Å². The molecular weight excluding hydrogens is 400 g/mol. The molecule has 0 aliphatic carbocycles. The molecule has 0 saturated carbocycles. The van der Waals surface area contributed by atoms with Gasteiger partial charge >= 0.3 is 0 Å². The van der Waals surface area contributed by atoms with Gasteiger partial charge in [-0.15, -0.1) is 0 Å². The second-order valence-corrected chi connectivity index (χ2v) is 8.22. The van der Waals surface area contributed by atoms with E-state index >= 15 is 0 Å². The molecule has 1 aromatic rings. The van der Waals surface area contributed by atoms with Crippen LogP contribution in [0.25, 0.3) is 0 Å². The molecule has 1 N–H and O–H groups in total. The largest absolute Gasteiger partial charge is 0.394 e. The second-order valence-electron chi connectivity index (χ2n) is 7.30. The summed E-state index contributed by atoms with van der Waals surface area (Å²) in [6, 6.07) is 7.74. The number of aliphatic hydroxyl groups excluding tert-OH is 1. The van der Waals surface area contributed by atoms with Gasteiger partial charge in [0.2, 0.25) is 11.8 Å². The molecule has 7 heteroatoms. The summed E-state index contributed by atoms with van der Waals surface area (Å²) >= 11 is 3.44. The van der Waals surface area contributed by atoms with Crippen LogP contribution in [0.3, 0.4) is 0 Å². The highest BCUT2D eigenvalue weighted by Crippen LogP contribution is 2.43. The van der Waals surface area contributed by atoms with E-state index in [9.17, 15) is 14.7 Å². The minimum Gasteiger partial charge on any atom is -0.394 e. The van der Waals surface area contributed by atoms with E-state index in [2.05, 4.69) is 15.9 Å². The number of hydrogen-bond donors (Lipinski definition) is 1. The number of fused-ring (bicyclic) bond motifs is 1. The van der Waals surface area contributed by atoms with Gasteiger partial charge in [-0.05, 0) is 30.5 Å². The number of carbonyl (C=O) groups is 2. The summed E-state index contributed by atoms with van der Waals surface area (Å²) in [5.74, 6) is 0.0302. The van der Waals surface area contributed by atoms with Gasteiger partial charge in [-0.25, -0.2) is 0 Å².